The zero-order chi connectivity index (χ0) is 22.2. The summed E-state index contributed by atoms with van der Waals surface area (Å²) < 4.78 is 5.11. The van der Waals surface area contributed by atoms with Gasteiger partial charge in [0.05, 0.1) is 6.42 Å². The molecule has 0 aliphatic rings. The van der Waals surface area contributed by atoms with Crippen molar-refractivity contribution in [2.75, 3.05) is 5.32 Å². The second-order valence-corrected chi connectivity index (χ2v) is 7.29. The SMILES string of the molecule is CC(C)(C)OC(=O)[C@H](CC(=O)O)NC(=O)CCC(=O)Nc1ccc(C(=N)N)cc1. The third-order valence-corrected chi connectivity index (χ3v) is 3.46. The molecule has 1 atom stereocenters. The molecule has 0 aromatic heterocycles. The highest BCUT2D eigenvalue weighted by Crippen LogP contribution is 2.11. The van der Waals surface area contributed by atoms with Gasteiger partial charge < -0.3 is 26.2 Å². The Kier molecular flexibility index (Phi) is 8.31. The van der Waals surface area contributed by atoms with Gasteiger partial charge in [0.1, 0.15) is 17.5 Å². The molecule has 0 bridgehead atoms. The Balaban J connectivity index is 2.57. The lowest BCUT2D eigenvalue weighted by Gasteiger charge is -2.23. The molecule has 1 rings (SSSR count). The maximum atomic E-state index is 12.1. The Labute approximate surface area is 168 Å². The van der Waals surface area contributed by atoms with E-state index in [0.717, 1.165) is 0 Å². The average Bonchev–Trinajstić information content (AvgIpc) is 2.58. The van der Waals surface area contributed by atoms with Gasteiger partial charge in [-0.05, 0) is 45.0 Å². The summed E-state index contributed by atoms with van der Waals surface area (Å²) in [6, 6.07) is 4.94. The van der Waals surface area contributed by atoms with E-state index >= 15 is 0 Å². The van der Waals surface area contributed by atoms with Crippen LogP contribution in [0.15, 0.2) is 24.3 Å². The second-order valence-electron chi connectivity index (χ2n) is 7.29. The summed E-state index contributed by atoms with van der Waals surface area (Å²) in [7, 11) is 0. The maximum Gasteiger partial charge on any atom is 0.329 e. The quantitative estimate of drug-likeness (QED) is 0.231. The van der Waals surface area contributed by atoms with E-state index in [4.69, 9.17) is 21.0 Å². The number of anilines is 1. The van der Waals surface area contributed by atoms with Crippen LogP contribution in [0.3, 0.4) is 0 Å². The van der Waals surface area contributed by atoms with Crippen molar-refractivity contribution in [1.82, 2.24) is 5.32 Å². The van der Waals surface area contributed by atoms with Gasteiger partial charge in [-0.15, -0.1) is 0 Å². The minimum atomic E-state index is -1.35. The van der Waals surface area contributed by atoms with Crippen LogP contribution < -0.4 is 16.4 Å². The summed E-state index contributed by atoms with van der Waals surface area (Å²) >= 11 is 0. The van der Waals surface area contributed by atoms with E-state index in [-0.39, 0.29) is 18.7 Å². The molecule has 0 fully saturated rings. The van der Waals surface area contributed by atoms with Crippen molar-refractivity contribution < 1.29 is 29.0 Å². The molecule has 158 valence electrons. The Morgan fingerprint density at radius 3 is 2.14 bits per heavy atom. The van der Waals surface area contributed by atoms with Crippen molar-refractivity contribution in [1.29, 1.82) is 5.41 Å². The number of benzene rings is 1. The Bertz CT molecular complexity index is 783. The molecule has 10 heteroatoms. The predicted molar refractivity (Wildman–Crippen MR) is 105 cm³/mol. The van der Waals surface area contributed by atoms with E-state index in [1.165, 1.54) is 0 Å². The van der Waals surface area contributed by atoms with E-state index in [0.29, 0.717) is 11.3 Å². The van der Waals surface area contributed by atoms with Gasteiger partial charge in [0.15, 0.2) is 0 Å². The number of amides is 2. The predicted octanol–water partition coefficient (Wildman–Crippen LogP) is 0.991. The van der Waals surface area contributed by atoms with Gasteiger partial charge in [0, 0.05) is 24.1 Å². The lowest BCUT2D eigenvalue weighted by Crippen LogP contribution is -2.45. The number of rotatable bonds is 9. The van der Waals surface area contributed by atoms with Crippen LogP contribution in [0.4, 0.5) is 5.69 Å². The largest absolute Gasteiger partial charge is 0.481 e. The molecule has 0 saturated carbocycles. The van der Waals surface area contributed by atoms with E-state index in [1.807, 2.05) is 0 Å². The standard InChI is InChI=1S/C19H26N4O6/c1-19(2,3)29-18(28)13(10-16(26)27)23-15(25)9-8-14(24)22-12-6-4-11(5-7-12)17(20)21/h4-7,13H,8-10H2,1-3H3,(H3,20,21)(H,22,24)(H,23,25)(H,26,27)/t13-/m0/s1. The third kappa shape index (κ3) is 9.36. The lowest BCUT2D eigenvalue weighted by molar-refractivity contribution is -0.161. The minimum absolute atomic E-state index is 0.0968. The van der Waals surface area contributed by atoms with Gasteiger partial charge in [-0.3, -0.25) is 19.8 Å². The number of hydrogen-bond donors (Lipinski definition) is 5. The molecule has 1 aromatic rings. The van der Waals surface area contributed by atoms with E-state index in [2.05, 4.69) is 10.6 Å². The molecule has 0 spiro atoms. The number of hydrogen-bond acceptors (Lipinski definition) is 6. The first-order chi connectivity index (χ1) is 13.4. The van der Waals surface area contributed by atoms with Crippen LogP contribution >= 0.6 is 0 Å². The molecular weight excluding hydrogens is 380 g/mol. The van der Waals surface area contributed by atoms with Gasteiger partial charge in [-0.25, -0.2) is 4.79 Å². The number of ether oxygens (including phenoxy) is 1. The molecule has 0 radical (unpaired) electrons. The molecule has 0 aliphatic heterocycles. The highest BCUT2D eigenvalue weighted by Gasteiger charge is 2.28. The van der Waals surface area contributed by atoms with Crippen molar-refractivity contribution >= 4 is 35.3 Å². The van der Waals surface area contributed by atoms with Crippen LogP contribution in [0, 0.1) is 5.41 Å². The second kappa shape index (κ2) is 10.2. The molecule has 6 N–H and O–H groups in total. The average molecular weight is 406 g/mol. The van der Waals surface area contributed by atoms with Gasteiger partial charge in [0.2, 0.25) is 11.8 Å². The summed E-state index contributed by atoms with van der Waals surface area (Å²) in [4.78, 5) is 47.1. The molecule has 29 heavy (non-hydrogen) atoms. The monoisotopic (exact) mass is 406 g/mol. The van der Waals surface area contributed by atoms with Crippen LogP contribution in [-0.2, 0) is 23.9 Å². The van der Waals surface area contributed by atoms with Crippen molar-refractivity contribution in [2.45, 2.75) is 51.7 Å². The molecular formula is C19H26N4O6. The highest BCUT2D eigenvalue weighted by molar-refractivity contribution is 5.97. The number of aliphatic carboxylic acids is 1. The topological polar surface area (TPSA) is 172 Å². The minimum Gasteiger partial charge on any atom is -0.481 e. The molecule has 0 unspecified atom stereocenters. The van der Waals surface area contributed by atoms with Crippen molar-refractivity contribution in [3.63, 3.8) is 0 Å². The number of carbonyl (C=O) groups excluding carboxylic acids is 3. The lowest BCUT2D eigenvalue weighted by atomic mass is 10.1. The van der Waals surface area contributed by atoms with E-state index < -0.39 is 41.8 Å². The molecule has 1 aromatic carbocycles. The summed E-state index contributed by atoms with van der Waals surface area (Å²) in [5.74, 6) is -3.32. The maximum absolute atomic E-state index is 12.1. The van der Waals surface area contributed by atoms with Crippen molar-refractivity contribution in [2.24, 2.45) is 5.73 Å². The number of carbonyl (C=O) groups is 4. The number of esters is 1. The Morgan fingerprint density at radius 2 is 1.66 bits per heavy atom. The van der Waals surface area contributed by atoms with Gasteiger partial charge >= 0.3 is 11.9 Å². The van der Waals surface area contributed by atoms with Crippen LogP contribution in [0.5, 0.6) is 0 Å². The number of carboxylic acids is 1. The first-order valence-corrected chi connectivity index (χ1v) is 8.85. The number of amidine groups is 1. The first-order valence-electron chi connectivity index (χ1n) is 8.85. The van der Waals surface area contributed by atoms with Gasteiger partial charge in [-0.2, -0.15) is 0 Å². The van der Waals surface area contributed by atoms with Crippen LogP contribution in [0.25, 0.3) is 0 Å². The van der Waals surface area contributed by atoms with Gasteiger partial charge in [-0.1, -0.05) is 0 Å². The third-order valence-electron chi connectivity index (χ3n) is 3.46. The summed E-state index contributed by atoms with van der Waals surface area (Å²) in [6.45, 7) is 4.87. The van der Waals surface area contributed by atoms with Crippen molar-refractivity contribution in [3.8, 4) is 0 Å². The van der Waals surface area contributed by atoms with Crippen molar-refractivity contribution in [3.05, 3.63) is 29.8 Å². The normalized spacial score (nSPS) is 11.8. The molecule has 0 saturated heterocycles. The fraction of sp³-hybridized carbons (Fsp3) is 0.421. The first kappa shape index (κ1) is 23.6. The van der Waals surface area contributed by atoms with Crippen LogP contribution in [0.1, 0.15) is 45.6 Å². The van der Waals surface area contributed by atoms with E-state index in [1.54, 1.807) is 45.0 Å². The molecule has 10 nitrogen and oxygen atoms in total. The fourth-order valence-electron chi connectivity index (χ4n) is 2.19. The zero-order valence-corrected chi connectivity index (χ0v) is 16.6. The summed E-state index contributed by atoms with van der Waals surface area (Å²) in [5, 5.41) is 21.1. The van der Waals surface area contributed by atoms with Crippen LogP contribution in [0.2, 0.25) is 0 Å². The number of carboxylic acid groups (broad SMARTS) is 1. The molecule has 2 amide bonds. The zero-order valence-electron chi connectivity index (χ0n) is 16.6. The summed E-state index contributed by atoms with van der Waals surface area (Å²) in [5.41, 5.74) is 5.49. The van der Waals surface area contributed by atoms with Gasteiger partial charge in [0.25, 0.3) is 0 Å². The summed E-state index contributed by atoms with van der Waals surface area (Å²) in [6.07, 6.45) is -1.04. The number of nitrogen functional groups attached to an aromatic ring is 1. The number of nitrogens with one attached hydrogen (secondary N) is 3. The molecule has 0 heterocycles. The van der Waals surface area contributed by atoms with E-state index in [9.17, 15) is 19.2 Å². The number of nitrogens with two attached hydrogens (primary N) is 1. The fourth-order valence-corrected chi connectivity index (χ4v) is 2.19. The molecule has 0 aliphatic carbocycles. The smallest absolute Gasteiger partial charge is 0.329 e. The Hall–Kier alpha value is -3.43. The Morgan fingerprint density at radius 1 is 1.10 bits per heavy atom. The van der Waals surface area contributed by atoms with Crippen LogP contribution in [-0.4, -0.2) is 46.3 Å². The highest BCUT2D eigenvalue weighted by atomic mass is 16.6.